The minimum absolute atomic E-state index is 0.0523. The van der Waals surface area contributed by atoms with Gasteiger partial charge in [-0.1, -0.05) is 6.92 Å². The van der Waals surface area contributed by atoms with Crippen LogP contribution in [0.5, 0.6) is 0 Å². The van der Waals surface area contributed by atoms with Crippen LogP contribution in [-0.2, 0) is 0 Å². The monoisotopic (exact) mass is 191 g/mol. The summed E-state index contributed by atoms with van der Waals surface area (Å²) in [5.41, 5.74) is 0. The second kappa shape index (κ2) is 5.62. The molecule has 2 unspecified atom stereocenters. The van der Waals surface area contributed by atoms with E-state index in [1.54, 1.807) is 0 Å². The smallest absolute Gasteiger partial charge is 0.0975 e. The van der Waals surface area contributed by atoms with E-state index in [2.05, 4.69) is 17.0 Å². The van der Waals surface area contributed by atoms with E-state index in [0.717, 1.165) is 32.4 Å². The molecule has 0 saturated carbocycles. The third-order valence-corrected chi connectivity index (χ3v) is 2.91. The Bertz CT molecular complexity index is 248. The largest absolute Gasteiger partial charge is 0.288 e. The molecule has 1 aliphatic heterocycles. The lowest BCUT2D eigenvalue weighted by atomic mass is 9.94. The van der Waals surface area contributed by atoms with Crippen LogP contribution in [0.1, 0.15) is 32.6 Å². The minimum atomic E-state index is 0.0523. The van der Waals surface area contributed by atoms with Crippen LogP contribution >= 0.6 is 0 Å². The van der Waals surface area contributed by atoms with Gasteiger partial charge in [0.15, 0.2) is 0 Å². The zero-order valence-electron chi connectivity index (χ0n) is 8.74. The first-order valence-electron chi connectivity index (χ1n) is 5.32. The van der Waals surface area contributed by atoms with E-state index in [1.165, 1.54) is 0 Å². The quantitative estimate of drug-likeness (QED) is 0.684. The molecule has 0 radical (unpaired) electrons. The van der Waals surface area contributed by atoms with Crippen molar-refractivity contribution in [1.82, 2.24) is 4.90 Å². The SMILES string of the molecule is CCC(C#N)N1CCCC(CC#N)C1. The standard InChI is InChI=1S/C11H17N3/c1-2-11(8-13)14-7-3-4-10(9-14)5-6-12/h10-11H,2-5,7,9H2,1H3. The van der Waals surface area contributed by atoms with Gasteiger partial charge in [0.1, 0.15) is 0 Å². The topological polar surface area (TPSA) is 50.8 Å². The molecule has 0 spiro atoms. The van der Waals surface area contributed by atoms with Crippen molar-refractivity contribution in [2.24, 2.45) is 5.92 Å². The fourth-order valence-corrected chi connectivity index (χ4v) is 2.11. The molecule has 0 aromatic heterocycles. The number of nitriles is 2. The Morgan fingerprint density at radius 3 is 2.86 bits per heavy atom. The van der Waals surface area contributed by atoms with Gasteiger partial charge in [-0.05, 0) is 31.7 Å². The van der Waals surface area contributed by atoms with Crippen molar-refractivity contribution < 1.29 is 0 Å². The summed E-state index contributed by atoms with van der Waals surface area (Å²) in [6.07, 6.45) is 3.80. The van der Waals surface area contributed by atoms with Crippen LogP contribution < -0.4 is 0 Å². The molecule has 0 aromatic rings. The second-order valence-corrected chi connectivity index (χ2v) is 3.92. The first kappa shape index (κ1) is 11.0. The molecular formula is C11H17N3. The number of piperidine rings is 1. The molecule has 3 nitrogen and oxygen atoms in total. The third-order valence-electron chi connectivity index (χ3n) is 2.91. The molecule has 0 aromatic carbocycles. The summed E-state index contributed by atoms with van der Waals surface area (Å²) in [6, 6.07) is 4.60. The van der Waals surface area contributed by atoms with E-state index in [4.69, 9.17) is 10.5 Å². The summed E-state index contributed by atoms with van der Waals surface area (Å²) in [5, 5.41) is 17.6. The maximum Gasteiger partial charge on any atom is 0.0975 e. The van der Waals surface area contributed by atoms with Crippen LogP contribution in [0.2, 0.25) is 0 Å². The molecule has 1 heterocycles. The van der Waals surface area contributed by atoms with Crippen LogP contribution in [0.3, 0.4) is 0 Å². The summed E-state index contributed by atoms with van der Waals surface area (Å²) in [6.45, 7) is 4.00. The normalized spacial score (nSPS) is 24.9. The molecular weight excluding hydrogens is 174 g/mol. The van der Waals surface area contributed by atoms with Crippen molar-refractivity contribution in [2.45, 2.75) is 38.6 Å². The molecule has 2 atom stereocenters. The van der Waals surface area contributed by atoms with E-state index in [0.29, 0.717) is 12.3 Å². The molecule has 1 saturated heterocycles. The Morgan fingerprint density at radius 1 is 1.50 bits per heavy atom. The van der Waals surface area contributed by atoms with E-state index in [1.807, 2.05) is 6.92 Å². The third kappa shape index (κ3) is 2.72. The predicted octanol–water partition coefficient (Wildman–Crippen LogP) is 1.91. The molecule has 76 valence electrons. The summed E-state index contributed by atoms with van der Waals surface area (Å²) < 4.78 is 0. The van der Waals surface area contributed by atoms with Crippen molar-refractivity contribution in [3.8, 4) is 12.1 Å². The highest BCUT2D eigenvalue weighted by Crippen LogP contribution is 2.21. The average Bonchev–Trinajstić information content (AvgIpc) is 2.21. The van der Waals surface area contributed by atoms with Gasteiger partial charge in [-0.15, -0.1) is 0 Å². The highest BCUT2D eigenvalue weighted by atomic mass is 15.2. The van der Waals surface area contributed by atoms with Crippen molar-refractivity contribution in [3.05, 3.63) is 0 Å². The predicted molar refractivity (Wildman–Crippen MR) is 54.2 cm³/mol. The lowest BCUT2D eigenvalue weighted by Gasteiger charge is -2.34. The van der Waals surface area contributed by atoms with Crippen molar-refractivity contribution in [1.29, 1.82) is 10.5 Å². The van der Waals surface area contributed by atoms with E-state index < -0.39 is 0 Å². The van der Waals surface area contributed by atoms with Gasteiger partial charge >= 0.3 is 0 Å². The summed E-state index contributed by atoms with van der Waals surface area (Å²) >= 11 is 0. The molecule has 14 heavy (non-hydrogen) atoms. The Hall–Kier alpha value is -1.06. The van der Waals surface area contributed by atoms with Gasteiger partial charge in [0, 0.05) is 13.0 Å². The van der Waals surface area contributed by atoms with Gasteiger partial charge in [-0.2, -0.15) is 10.5 Å². The van der Waals surface area contributed by atoms with Crippen molar-refractivity contribution >= 4 is 0 Å². The van der Waals surface area contributed by atoms with Gasteiger partial charge in [0.2, 0.25) is 0 Å². The van der Waals surface area contributed by atoms with Gasteiger partial charge in [-0.3, -0.25) is 4.90 Å². The van der Waals surface area contributed by atoms with Crippen molar-refractivity contribution in [3.63, 3.8) is 0 Å². The molecule has 1 aliphatic rings. The molecule has 0 amide bonds. The number of rotatable bonds is 3. The molecule has 1 fully saturated rings. The fourth-order valence-electron chi connectivity index (χ4n) is 2.11. The van der Waals surface area contributed by atoms with E-state index >= 15 is 0 Å². The van der Waals surface area contributed by atoms with Crippen LogP contribution in [0, 0.1) is 28.6 Å². The van der Waals surface area contributed by atoms with Gasteiger partial charge < -0.3 is 0 Å². The lowest BCUT2D eigenvalue weighted by Crippen LogP contribution is -2.41. The summed E-state index contributed by atoms with van der Waals surface area (Å²) in [5.74, 6) is 0.483. The minimum Gasteiger partial charge on any atom is -0.288 e. The molecule has 0 aliphatic carbocycles. The number of likely N-dealkylation sites (tertiary alicyclic amines) is 1. The number of hydrogen-bond acceptors (Lipinski definition) is 3. The Morgan fingerprint density at radius 2 is 2.29 bits per heavy atom. The lowest BCUT2D eigenvalue weighted by molar-refractivity contribution is 0.147. The highest BCUT2D eigenvalue weighted by molar-refractivity contribution is 4.93. The van der Waals surface area contributed by atoms with Crippen LogP contribution in [0.15, 0.2) is 0 Å². The Balaban J connectivity index is 2.48. The van der Waals surface area contributed by atoms with E-state index in [-0.39, 0.29) is 6.04 Å². The second-order valence-electron chi connectivity index (χ2n) is 3.92. The highest BCUT2D eigenvalue weighted by Gasteiger charge is 2.24. The van der Waals surface area contributed by atoms with E-state index in [9.17, 15) is 0 Å². The van der Waals surface area contributed by atoms with Crippen LogP contribution in [-0.4, -0.2) is 24.0 Å². The van der Waals surface area contributed by atoms with Gasteiger partial charge in [0.25, 0.3) is 0 Å². The maximum atomic E-state index is 8.94. The molecule has 0 N–H and O–H groups in total. The van der Waals surface area contributed by atoms with Crippen molar-refractivity contribution in [2.75, 3.05) is 13.1 Å². The molecule has 0 bridgehead atoms. The zero-order chi connectivity index (χ0) is 10.4. The fraction of sp³-hybridized carbons (Fsp3) is 0.818. The summed E-state index contributed by atoms with van der Waals surface area (Å²) in [4.78, 5) is 2.23. The number of hydrogen-bond donors (Lipinski definition) is 0. The van der Waals surface area contributed by atoms with Crippen LogP contribution in [0.4, 0.5) is 0 Å². The molecule has 1 rings (SSSR count). The maximum absolute atomic E-state index is 8.94. The Kier molecular flexibility index (Phi) is 4.43. The average molecular weight is 191 g/mol. The summed E-state index contributed by atoms with van der Waals surface area (Å²) in [7, 11) is 0. The number of nitrogens with zero attached hydrogens (tertiary/aromatic N) is 3. The molecule has 3 heteroatoms. The first-order chi connectivity index (χ1) is 6.81. The van der Waals surface area contributed by atoms with Gasteiger partial charge in [-0.25, -0.2) is 0 Å². The zero-order valence-corrected chi connectivity index (χ0v) is 8.74. The first-order valence-corrected chi connectivity index (χ1v) is 5.32. The van der Waals surface area contributed by atoms with Crippen LogP contribution in [0.25, 0.3) is 0 Å². The Labute approximate surface area is 85.9 Å². The van der Waals surface area contributed by atoms with Gasteiger partial charge in [0.05, 0.1) is 18.2 Å².